The van der Waals surface area contributed by atoms with Crippen LogP contribution >= 0.6 is 23.1 Å². The first kappa shape index (κ1) is 21.8. The lowest BCUT2D eigenvalue weighted by Crippen LogP contribution is -2.22. The maximum atomic E-state index is 12.9. The van der Waals surface area contributed by atoms with Gasteiger partial charge in [0.15, 0.2) is 4.80 Å². The number of fused-ring (bicyclic) bond motifs is 1. The molecule has 0 aliphatic carbocycles. The molecule has 0 saturated carbocycles. The third-order valence-corrected chi connectivity index (χ3v) is 6.08. The molecule has 30 heavy (non-hydrogen) atoms. The molecule has 0 radical (unpaired) electrons. The van der Waals surface area contributed by atoms with Gasteiger partial charge in [-0.1, -0.05) is 23.5 Å². The van der Waals surface area contributed by atoms with E-state index in [4.69, 9.17) is 9.47 Å². The molecular weight excluding hydrogens is 424 g/mol. The Hall–Kier alpha value is -2.91. The average molecular weight is 445 g/mol. The second kappa shape index (κ2) is 9.73. The summed E-state index contributed by atoms with van der Waals surface area (Å²) in [4.78, 5) is 42.3. The highest BCUT2D eigenvalue weighted by Gasteiger charge is 2.16. The van der Waals surface area contributed by atoms with E-state index < -0.39 is 17.8 Å². The van der Waals surface area contributed by atoms with Gasteiger partial charge in [-0.25, -0.2) is 4.79 Å². The second-order valence-corrected chi connectivity index (χ2v) is 7.92. The number of nitrogens with zero attached hydrogens (tertiary/aromatic N) is 2. The number of benzene rings is 2. The van der Waals surface area contributed by atoms with Crippen molar-refractivity contribution in [1.82, 2.24) is 4.57 Å². The first-order valence-corrected chi connectivity index (χ1v) is 11.1. The number of aromatic nitrogens is 1. The Kier molecular flexibility index (Phi) is 7.07. The van der Waals surface area contributed by atoms with E-state index in [1.165, 1.54) is 30.2 Å². The van der Waals surface area contributed by atoms with Crippen LogP contribution in [0.5, 0.6) is 0 Å². The molecule has 0 spiro atoms. The number of hydrogen-bond acceptors (Lipinski definition) is 7. The second-order valence-electron chi connectivity index (χ2n) is 6.07. The van der Waals surface area contributed by atoms with Crippen molar-refractivity contribution in [2.24, 2.45) is 4.99 Å². The van der Waals surface area contributed by atoms with Crippen LogP contribution in [0.2, 0.25) is 0 Å². The molecule has 3 rings (SSSR count). The number of thioether (sulfide) groups is 1. The van der Waals surface area contributed by atoms with Gasteiger partial charge in [0.05, 0.1) is 35.1 Å². The number of carbonyl (C=O) groups is 3. The van der Waals surface area contributed by atoms with E-state index in [1.807, 2.05) is 18.4 Å². The molecule has 1 amide bonds. The topological polar surface area (TPSA) is 87.0 Å². The summed E-state index contributed by atoms with van der Waals surface area (Å²) in [5.74, 6) is -1.31. The van der Waals surface area contributed by atoms with E-state index in [1.54, 1.807) is 41.8 Å². The summed E-state index contributed by atoms with van der Waals surface area (Å²) in [5, 5.41) is 0. The average Bonchev–Trinajstić information content (AvgIpc) is 3.09. The first-order chi connectivity index (χ1) is 14.5. The molecule has 0 aliphatic rings. The molecule has 0 aliphatic heterocycles. The number of methoxy groups -OCH3 is 1. The minimum Gasteiger partial charge on any atom is -0.468 e. The zero-order chi connectivity index (χ0) is 21.7. The highest BCUT2D eigenvalue weighted by Crippen LogP contribution is 2.22. The molecule has 1 heterocycles. The van der Waals surface area contributed by atoms with Crippen LogP contribution in [-0.2, 0) is 20.8 Å². The monoisotopic (exact) mass is 444 g/mol. The minimum atomic E-state index is -0.470. The molecule has 0 unspecified atom stereocenters. The van der Waals surface area contributed by atoms with E-state index >= 15 is 0 Å². The van der Waals surface area contributed by atoms with Gasteiger partial charge in [-0.2, -0.15) is 4.99 Å². The highest BCUT2D eigenvalue weighted by atomic mass is 32.2. The van der Waals surface area contributed by atoms with Crippen molar-refractivity contribution in [3.8, 4) is 0 Å². The van der Waals surface area contributed by atoms with Gasteiger partial charge in [-0.15, -0.1) is 11.8 Å². The summed E-state index contributed by atoms with van der Waals surface area (Å²) in [6.07, 6.45) is 1.89. The van der Waals surface area contributed by atoms with Crippen LogP contribution in [0.1, 0.15) is 27.6 Å². The summed E-state index contributed by atoms with van der Waals surface area (Å²) in [5.41, 5.74) is 1.55. The van der Waals surface area contributed by atoms with E-state index in [0.29, 0.717) is 26.1 Å². The third kappa shape index (κ3) is 4.63. The van der Waals surface area contributed by atoms with E-state index in [2.05, 4.69) is 4.99 Å². The zero-order valence-corrected chi connectivity index (χ0v) is 18.3. The standard InChI is InChI=1S/C21H20N2O5S2/c1-4-28-20(26)13-9-10-15-17(11-13)30-21(23(15)12-18(24)27-2)22-19(25)14-7-5-6-8-16(14)29-3/h5-11H,4,12H2,1-3H3. The molecule has 3 aromatic rings. The van der Waals surface area contributed by atoms with Crippen molar-refractivity contribution in [2.45, 2.75) is 18.4 Å². The third-order valence-electron chi connectivity index (χ3n) is 4.24. The summed E-state index contributed by atoms with van der Waals surface area (Å²) in [6, 6.07) is 12.2. The number of thiazole rings is 1. The van der Waals surface area contributed by atoms with Crippen molar-refractivity contribution >= 4 is 51.2 Å². The van der Waals surface area contributed by atoms with Gasteiger partial charge >= 0.3 is 11.9 Å². The molecule has 1 aromatic heterocycles. The molecular formula is C21H20N2O5S2. The van der Waals surface area contributed by atoms with Gasteiger partial charge in [0, 0.05) is 4.90 Å². The lowest BCUT2D eigenvalue weighted by Gasteiger charge is -2.05. The number of rotatable bonds is 6. The maximum absolute atomic E-state index is 12.9. The molecule has 0 bridgehead atoms. The Morgan fingerprint density at radius 3 is 2.63 bits per heavy atom. The van der Waals surface area contributed by atoms with Crippen LogP contribution in [0.3, 0.4) is 0 Å². The minimum absolute atomic E-state index is 0.106. The largest absolute Gasteiger partial charge is 0.468 e. The summed E-state index contributed by atoms with van der Waals surface area (Å²) >= 11 is 2.67. The fourth-order valence-electron chi connectivity index (χ4n) is 2.81. The van der Waals surface area contributed by atoms with Gasteiger partial charge in [0.2, 0.25) is 0 Å². The number of carbonyl (C=O) groups excluding carboxylic acids is 3. The smallest absolute Gasteiger partial charge is 0.338 e. The Balaban J connectivity index is 2.14. The van der Waals surface area contributed by atoms with Gasteiger partial charge in [-0.05, 0) is 43.5 Å². The van der Waals surface area contributed by atoms with Crippen molar-refractivity contribution in [1.29, 1.82) is 0 Å². The molecule has 0 atom stereocenters. The van der Waals surface area contributed by atoms with Crippen LogP contribution in [0.25, 0.3) is 10.2 Å². The van der Waals surface area contributed by atoms with Gasteiger partial charge in [-0.3, -0.25) is 9.59 Å². The number of esters is 2. The van der Waals surface area contributed by atoms with Crippen LogP contribution in [0, 0.1) is 0 Å². The number of ether oxygens (including phenoxy) is 2. The molecule has 0 saturated heterocycles. The molecule has 156 valence electrons. The van der Waals surface area contributed by atoms with Gasteiger partial charge in [0.1, 0.15) is 6.54 Å². The van der Waals surface area contributed by atoms with Gasteiger partial charge < -0.3 is 14.0 Å². The molecule has 0 fully saturated rings. The van der Waals surface area contributed by atoms with Crippen molar-refractivity contribution in [2.75, 3.05) is 20.0 Å². The number of amides is 1. The fraction of sp³-hybridized carbons (Fsp3) is 0.238. The zero-order valence-electron chi connectivity index (χ0n) is 16.7. The van der Waals surface area contributed by atoms with Crippen molar-refractivity contribution in [3.63, 3.8) is 0 Å². The highest BCUT2D eigenvalue weighted by molar-refractivity contribution is 7.98. The summed E-state index contributed by atoms with van der Waals surface area (Å²) in [6.45, 7) is 1.90. The lowest BCUT2D eigenvalue weighted by molar-refractivity contribution is -0.141. The van der Waals surface area contributed by atoms with E-state index in [0.717, 1.165) is 4.90 Å². The van der Waals surface area contributed by atoms with E-state index in [-0.39, 0.29) is 13.2 Å². The predicted octanol–water partition coefficient (Wildman–Crippen LogP) is 3.52. The summed E-state index contributed by atoms with van der Waals surface area (Å²) < 4.78 is 12.2. The fourth-order valence-corrected chi connectivity index (χ4v) is 4.47. The van der Waals surface area contributed by atoms with Crippen LogP contribution < -0.4 is 4.80 Å². The van der Waals surface area contributed by atoms with Crippen LogP contribution in [0.15, 0.2) is 52.4 Å². The van der Waals surface area contributed by atoms with Crippen molar-refractivity contribution < 1.29 is 23.9 Å². The molecule has 9 heteroatoms. The quantitative estimate of drug-likeness (QED) is 0.427. The predicted molar refractivity (Wildman–Crippen MR) is 116 cm³/mol. The van der Waals surface area contributed by atoms with Crippen LogP contribution in [0.4, 0.5) is 0 Å². The first-order valence-electron chi connectivity index (χ1n) is 9.07. The summed E-state index contributed by atoms with van der Waals surface area (Å²) in [7, 11) is 1.30. The number of hydrogen-bond donors (Lipinski definition) is 0. The van der Waals surface area contributed by atoms with Crippen LogP contribution in [-0.4, -0.2) is 42.4 Å². The van der Waals surface area contributed by atoms with Gasteiger partial charge in [0.25, 0.3) is 5.91 Å². The molecule has 0 N–H and O–H groups in total. The Bertz CT molecular complexity index is 1180. The SMILES string of the molecule is CCOC(=O)c1ccc2c(c1)sc(=NC(=O)c1ccccc1SC)n2CC(=O)OC. The Morgan fingerprint density at radius 1 is 1.17 bits per heavy atom. The lowest BCUT2D eigenvalue weighted by atomic mass is 10.2. The maximum Gasteiger partial charge on any atom is 0.338 e. The molecule has 2 aromatic carbocycles. The van der Waals surface area contributed by atoms with Crippen molar-refractivity contribution in [3.05, 3.63) is 58.4 Å². The Labute approximate surface area is 181 Å². The van der Waals surface area contributed by atoms with E-state index in [9.17, 15) is 14.4 Å². The Morgan fingerprint density at radius 2 is 1.93 bits per heavy atom. The normalized spacial score (nSPS) is 11.5. The molecule has 7 nitrogen and oxygen atoms in total.